The van der Waals surface area contributed by atoms with Gasteiger partial charge < -0.3 is 9.84 Å². The molecule has 5 heteroatoms. The van der Waals surface area contributed by atoms with Crippen molar-refractivity contribution in [3.05, 3.63) is 29.8 Å². The molecular formula is C9H9F3O2. The predicted molar refractivity (Wildman–Crippen MR) is 44.0 cm³/mol. The van der Waals surface area contributed by atoms with Crippen molar-refractivity contribution in [2.24, 2.45) is 0 Å². The van der Waals surface area contributed by atoms with Gasteiger partial charge in [0, 0.05) is 0 Å². The molecule has 14 heavy (non-hydrogen) atoms. The van der Waals surface area contributed by atoms with Gasteiger partial charge in [-0.1, -0.05) is 12.1 Å². The molecule has 0 aliphatic heterocycles. The van der Waals surface area contributed by atoms with E-state index in [1.165, 1.54) is 25.3 Å². The number of rotatable bonds is 2. The molecule has 0 spiro atoms. The minimum absolute atomic E-state index is 0.225. The first-order chi connectivity index (χ1) is 6.45. The summed E-state index contributed by atoms with van der Waals surface area (Å²) in [6.07, 6.45) is -7.11. The van der Waals surface area contributed by atoms with Crippen LogP contribution in [0.2, 0.25) is 0 Å². The lowest BCUT2D eigenvalue weighted by molar-refractivity contribution is -0.206. The molecule has 0 saturated heterocycles. The van der Waals surface area contributed by atoms with Crippen molar-refractivity contribution in [3.8, 4) is 5.75 Å². The summed E-state index contributed by atoms with van der Waals surface area (Å²) in [5.74, 6) is 0.283. The number of aliphatic hydroxyl groups is 1. The molecule has 1 N–H and O–H groups in total. The Hall–Kier alpha value is -1.23. The molecule has 0 aromatic heterocycles. The zero-order chi connectivity index (χ0) is 10.8. The molecular weight excluding hydrogens is 197 g/mol. The molecule has 2 nitrogen and oxygen atoms in total. The lowest BCUT2D eigenvalue weighted by atomic mass is 10.1. The Kier molecular flexibility index (Phi) is 3.00. The van der Waals surface area contributed by atoms with E-state index in [1.807, 2.05) is 0 Å². The Labute approximate surface area is 78.9 Å². The highest BCUT2D eigenvalue weighted by molar-refractivity contribution is 5.30. The fraction of sp³-hybridized carbons (Fsp3) is 0.333. The average Bonchev–Trinajstić information content (AvgIpc) is 2.15. The second-order valence-electron chi connectivity index (χ2n) is 2.72. The van der Waals surface area contributed by atoms with Crippen molar-refractivity contribution in [1.29, 1.82) is 0 Å². The van der Waals surface area contributed by atoms with Crippen LogP contribution < -0.4 is 4.74 Å². The number of ether oxygens (including phenoxy) is 1. The number of aliphatic hydroxyl groups excluding tert-OH is 1. The second-order valence-corrected chi connectivity index (χ2v) is 2.72. The fourth-order valence-electron chi connectivity index (χ4n) is 1.00. The van der Waals surface area contributed by atoms with E-state index < -0.39 is 12.3 Å². The van der Waals surface area contributed by atoms with Gasteiger partial charge >= 0.3 is 6.18 Å². The molecule has 1 unspecified atom stereocenters. The van der Waals surface area contributed by atoms with Gasteiger partial charge in [0.05, 0.1) is 7.11 Å². The first-order valence-electron chi connectivity index (χ1n) is 3.84. The molecule has 0 fully saturated rings. The molecule has 0 aliphatic rings. The summed E-state index contributed by atoms with van der Waals surface area (Å²) in [4.78, 5) is 0. The van der Waals surface area contributed by atoms with E-state index in [2.05, 4.69) is 0 Å². The Balaban J connectivity index is 2.95. The predicted octanol–water partition coefficient (Wildman–Crippen LogP) is 2.29. The largest absolute Gasteiger partial charge is 0.497 e. The average molecular weight is 206 g/mol. The van der Waals surface area contributed by atoms with Gasteiger partial charge in [0.1, 0.15) is 5.75 Å². The maximum absolute atomic E-state index is 12.1. The van der Waals surface area contributed by atoms with Gasteiger partial charge in [-0.05, 0) is 17.7 Å². The van der Waals surface area contributed by atoms with Gasteiger partial charge in [-0.25, -0.2) is 0 Å². The number of alkyl halides is 3. The Morgan fingerprint density at radius 2 is 2.00 bits per heavy atom. The minimum atomic E-state index is -4.65. The molecule has 0 amide bonds. The van der Waals surface area contributed by atoms with Crippen LogP contribution in [0.4, 0.5) is 13.2 Å². The van der Waals surface area contributed by atoms with Gasteiger partial charge in [0.2, 0.25) is 0 Å². The van der Waals surface area contributed by atoms with Crippen molar-refractivity contribution < 1.29 is 23.0 Å². The van der Waals surface area contributed by atoms with Crippen molar-refractivity contribution in [1.82, 2.24) is 0 Å². The Morgan fingerprint density at radius 3 is 2.50 bits per heavy atom. The second kappa shape index (κ2) is 3.88. The van der Waals surface area contributed by atoms with E-state index in [4.69, 9.17) is 9.84 Å². The summed E-state index contributed by atoms with van der Waals surface area (Å²) in [5.41, 5.74) is -0.225. The summed E-state index contributed by atoms with van der Waals surface area (Å²) >= 11 is 0. The van der Waals surface area contributed by atoms with Crippen molar-refractivity contribution in [3.63, 3.8) is 0 Å². The monoisotopic (exact) mass is 206 g/mol. The minimum Gasteiger partial charge on any atom is -0.497 e. The molecule has 1 aromatic rings. The summed E-state index contributed by atoms with van der Waals surface area (Å²) < 4.78 is 41.0. The zero-order valence-electron chi connectivity index (χ0n) is 7.38. The third kappa shape index (κ3) is 2.38. The van der Waals surface area contributed by atoms with Crippen LogP contribution in [-0.2, 0) is 0 Å². The summed E-state index contributed by atoms with van der Waals surface area (Å²) in [6, 6.07) is 5.24. The maximum atomic E-state index is 12.1. The lowest BCUT2D eigenvalue weighted by Gasteiger charge is -2.15. The molecule has 0 saturated carbocycles. The van der Waals surface area contributed by atoms with Crippen LogP contribution in [0, 0.1) is 0 Å². The first-order valence-corrected chi connectivity index (χ1v) is 3.84. The number of benzene rings is 1. The zero-order valence-corrected chi connectivity index (χ0v) is 7.38. The van der Waals surface area contributed by atoms with E-state index >= 15 is 0 Å². The first kappa shape index (κ1) is 10.8. The molecule has 1 rings (SSSR count). The summed E-state index contributed by atoms with van der Waals surface area (Å²) in [6.45, 7) is 0. The molecule has 0 heterocycles. The standard InChI is InChI=1S/C9H9F3O2/c1-14-7-4-2-3-6(5-7)8(13)9(10,11)12/h2-5,8,13H,1H3. The van der Waals surface area contributed by atoms with E-state index in [0.29, 0.717) is 0 Å². The molecule has 0 aliphatic carbocycles. The number of halogens is 3. The van der Waals surface area contributed by atoms with Crippen LogP contribution in [0.5, 0.6) is 5.75 Å². The Morgan fingerprint density at radius 1 is 1.36 bits per heavy atom. The Bertz CT molecular complexity index is 309. The smallest absolute Gasteiger partial charge is 0.418 e. The quantitative estimate of drug-likeness (QED) is 0.804. The van der Waals surface area contributed by atoms with Crippen molar-refractivity contribution in [2.45, 2.75) is 12.3 Å². The third-order valence-electron chi connectivity index (χ3n) is 1.72. The number of hydrogen-bond donors (Lipinski definition) is 1. The third-order valence-corrected chi connectivity index (χ3v) is 1.72. The van der Waals surface area contributed by atoms with E-state index in [-0.39, 0.29) is 11.3 Å². The van der Waals surface area contributed by atoms with Crippen LogP contribution >= 0.6 is 0 Å². The maximum Gasteiger partial charge on any atom is 0.418 e. The summed E-state index contributed by atoms with van der Waals surface area (Å²) in [5, 5.41) is 8.90. The van der Waals surface area contributed by atoms with Crippen LogP contribution in [0.15, 0.2) is 24.3 Å². The molecule has 0 radical (unpaired) electrons. The van der Waals surface area contributed by atoms with Crippen LogP contribution in [0.1, 0.15) is 11.7 Å². The van der Waals surface area contributed by atoms with Gasteiger partial charge in [-0.15, -0.1) is 0 Å². The number of hydrogen-bond acceptors (Lipinski definition) is 2. The van der Waals surface area contributed by atoms with E-state index in [0.717, 1.165) is 6.07 Å². The van der Waals surface area contributed by atoms with Crippen molar-refractivity contribution >= 4 is 0 Å². The van der Waals surface area contributed by atoms with Gasteiger partial charge in [-0.2, -0.15) is 13.2 Å². The SMILES string of the molecule is COc1cccc(C(O)C(F)(F)F)c1. The molecule has 1 aromatic carbocycles. The highest BCUT2D eigenvalue weighted by Crippen LogP contribution is 2.33. The lowest BCUT2D eigenvalue weighted by Crippen LogP contribution is -2.20. The van der Waals surface area contributed by atoms with Crippen LogP contribution in [0.25, 0.3) is 0 Å². The highest BCUT2D eigenvalue weighted by Gasteiger charge is 2.39. The normalized spacial score (nSPS) is 13.8. The van der Waals surface area contributed by atoms with Crippen LogP contribution in [0.3, 0.4) is 0 Å². The molecule has 0 bridgehead atoms. The summed E-state index contributed by atoms with van der Waals surface area (Å²) in [7, 11) is 1.35. The fourth-order valence-corrected chi connectivity index (χ4v) is 1.00. The van der Waals surface area contributed by atoms with Gasteiger partial charge in [0.15, 0.2) is 6.10 Å². The van der Waals surface area contributed by atoms with E-state index in [9.17, 15) is 13.2 Å². The topological polar surface area (TPSA) is 29.5 Å². The van der Waals surface area contributed by atoms with Gasteiger partial charge in [-0.3, -0.25) is 0 Å². The van der Waals surface area contributed by atoms with Crippen molar-refractivity contribution in [2.75, 3.05) is 7.11 Å². The van der Waals surface area contributed by atoms with E-state index in [1.54, 1.807) is 0 Å². The highest BCUT2D eigenvalue weighted by atomic mass is 19.4. The van der Waals surface area contributed by atoms with Gasteiger partial charge in [0.25, 0.3) is 0 Å². The van der Waals surface area contributed by atoms with Crippen LogP contribution in [-0.4, -0.2) is 18.4 Å². The molecule has 78 valence electrons. The molecule has 1 atom stereocenters. The number of methoxy groups -OCH3 is 1.